The van der Waals surface area contributed by atoms with E-state index in [9.17, 15) is 14.3 Å². The summed E-state index contributed by atoms with van der Waals surface area (Å²) in [7, 11) is 0. The fourth-order valence-corrected chi connectivity index (χ4v) is 6.05. The molecule has 0 aromatic heterocycles. The molecule has 0 spiro atoms. The largest absolute Gasteiger partial charge is 0.489 e. The van der Waals surface area contributed by atoms with Gasteiger partial charge in [-0.25, -0.2) is 4.79 Å². The molecule has 1 saturated heterocycles. The van der Waals surface area contributed by atoms with Gasteiger partial charge in [0.15, 0.2) is 0 Å². The number of nitrogens with zero attached hydrogens (tertiary/aromatic N) is 1. The summed E-state index contributed by atoms with van der Waals surface area (Å²) in [6.45, 7) is 2.22. The Morgan fingerprint density at radius 3 is 2.55 bits per heavy atom. The van der Waals surface area contributed by atoms with Crippen LogP contribution in [0.2, 0.25) is 10.0 Å². The van der Waals surface area contributed by atoms with Gasteiger partial charge in [-0.3, -0.25) is 9.29 Å². The number of hydrogen-bond donors (Lipinski definition) is 1. The Balaban J connectivity index is 1.51. The summed E-state index contributed by atoms with van der Waals surface area (Å²) in [5.74, 6) is -0.131. The van der Waals surface area contributed by atoms with Gasteiger partial charge >= 0.3 is 5.97 Å². The molecule has 1 unspecified atom stereocenters. The van der Waals surface area contributed by atoms with Crippen molar-refractivity contribution in [1.29, 1.82) is 0 Å². The minimum Gasteiger partial charge on any atom is -0.489 e. The summed E-state index contributed by atoms with van der Waals surface area (Å²) in [6.07, 6.45) is 4.02. The number of ether oxygens (including phenoxy) is 1. The van der Waals surface area contributed by atoms with Gasteiger partial charge in [0.2, 0.25) is 0 Å². The van der Waals surface area contributed by atoms with Crippen molar-refractivity contribution in [1.82, 2.24) is 4.90 Å². The van der Waals surface area contributed by atoms with Crippen LogP contribution in [-0.2, 0) is 6.42 Å². The second kappa shape index (κ2) is 11.9. The molecule has 198 valence electrons. The highest BCUT2D eigenvalue weighted by atomic mass is 35.5. The number of halogens is 3. The lowest BCUT2D eigenvalue weighted by molar-refractivity contribution is 0.0696. The van der Waals surface area contributed by atoms with E-state index in [4.69, 9.17) is 27.9 Å². The van der Waals surface area contributed by atoms with Crippen LogP contribution in [0.5, 0.6) is 5.75 Å². The van der Waals surface area contributed by atoms with Crippen molar-refractivity contribution in [3.63, 3.8) is 0 Å². The fourth-order valence-electron chi connectivity index (χ4n) is 5.53. The molecule has 0 radical (unpaired) electrons. The molecule has 0 saturated carbocycles. The van der Waals surface area contributed by atoms with E-state index in [1.54, 1.807) is 18.2 Å². The van der Waals surface area contributed by atoms with Crippen LogP contribution in [-0.4, -0.2) is 48.4 Å². The highest BCUT2D eigenvalue weighted by Crippen LogP contribution is 2.42. The van der Waals surface area contributed by atoms with Gasteiger partial charge in [0.25, 0.3) is 0 Å². The van der Waals surface area contributed by atoms with Crippen LogP contribution in [0.1, 0.15) is 58.3 Å². The number of alkyl halides is 1. The van der Waals surface area contributed by atoms with Crippen LogP contribution < -0.4 is 4.74 Å². The number of aromatic carboxylic acids is 1. The first-order chi connectivity index (χ1) is 18.4. The molecule has 4 nitrogen and oxygen atoms in total. The summed E-state index contributed by atoms with van der Waals surface area (Å²) in [4.78, 5) is 13.9. The molecular weight excluding hydrogens is 524 g/mol. The number of carboxylic acid groups (broad SMARTS) is 1. The second-order valence-electron chi connectivity index (χ2n) is 9.90. The highest BCUT2D eigenvalue weighted by Gasteiger charge is 2.25. The minimum absolute atomic E-state index is 0.0937. The summed E-state index contributed by atoms with van der Waals surface area (Å²) in [6, 6.07) is 19.0. The monoisotopic (exact) mass is 553 g/mol. The van der Waals surface area contributed by atoms with Crippen molar-refractivity contribution in [2.24, 2.45) is 0 Å². The lowest BCUT2D eigenvalue weighted by Crippen LogP contribution is -2.26. The van der Waals surface area contributed by atoms with Crippen LogP contribution in [0.15, 0.2) is 60.7 Å². The van der Waals surface area contributed by atoms with Crippen LogP contribution in [0.3, 0.4) is 0 Å². The predicted molar refractivity (Wildman–Crippen MR) is 151 cm³/mol. The van der Waals surface area contributed by atoms with Crippen molar-refractivity contribution < 1.29 is 19.0 Å². The number of likely N-dealkylation sites (tertiary alicyclic amines) is 1. The van der Waals surface area contributed by atoms with E-state index in [1.165, 1.54) is 0 Å². The zero-order valence-electron chi connectivity index (χ0n) is 21.1. The number of carbonyl (C=O) groups is 1. The zero-order valence-corrected chi connectivity index (χ0v) is 22.6. The van der Waals surface area contributed by atoms with Gasteiger partial charge in [0, 0.05) is 29.7 Å². The Morgan fingerprint density at radius 2 is 1.82 bits per heavy atom. The predicted octanol–water partition coefficient (Wildman–Crippen LogP) is 7.80. The molecule has 1 fully saturated rings. The van der Waals surface area contributed by atoms with Crippen molar-refractivity contribution in [3.8, 4) is 5.75 Å². The lowest BCUT2D eigenvalue weighted by Gasteiger charge is -2.19. The lowest BCUT2D eigenvalue weighted by atomic mass is 9.87. The maximum Gasteiger partial charge on any atom is 0.335 e. The van der Waals surface area contributed by atoms with E-state index in [0.717, 1.165) is 84.5 Å². The molecule has 5 rings (SSSR count). The molecule has 1 heterocycles. The molecule has 7 heteroatoms. The van der Waals surface area contributed by atoms with Crippen LogP contribution in [0.25, 0.3) is 11.1 Å². The van der Waals surface area contributed by atoms with E-state index >= 15 is 0 Å². The molecule has 2 aliphatic rings. The molecule has 38 heavy (non-hydrogen) atoms. The van der Waals surface area contributed by atoms with Crippen molar-refractivity contribution >= 4 is 40.3 Å². The normalized spacial score (nSPS) is 17.8. The number of carboxylic acids is 1. The van der Waals surface area contributed by atoms with E-state index in [2.05, 4.69) is 17.0 Å². The zero-order chi connectivity index (χ0) is 26.6. The first-order valence-corrected chi connectivity index (χ1v) is 13.8. The van der Waals surface area contributed by atoms with E-state index in [-0.39, 0.29) is 18.3 Å². The van der Waals surface area contributed by atoms with Crippen LogP contribution >= 0.6 is 23.2 Å². The second-order valence-corrected chi connectivity index (χ2v) is 10.7. The van der Waals surface area contributed by atoms with Gasteiger partial charge in [0.1, 0.15) is 11.9 Å². The molecule has 1 aliphatic carbocycles. The summed E-state index contributed by atoms with van der Waals surface area (Å²) in [5, 5.41) is 10.7. The first kappa shape index (κ1) is 26.7. The number of fused-ring (bicyclic) bond motifs is 1. The molecule has 3 aromatic carbocycles. The van der Waals surface area contributed by atoms with Crippen molar-refractivity contribution in [2.75, 3.05) is 26.3 Å². The molecule has 0 amide bonds. The van der Waals surface area contributed by atoms with Crippen LogP contribution in [0, 0.1) is 0 Å². The maximum atomic E-state index is 12.5. The number of rotatable bonds is 8. The van der Waals surface area contributed by atoms with Crippen molar-refractivity contribution in [2.45, 2.75) is 38.2 Å². The van der Waals surface area contributed by atoms with Gasteiger partial charge in [0.05, 0.1) is 12.2 Å². The number of allylic oxidation sites excluding steroid dienone is 1. The van der Waals surface area contributed by atoms with E-state index in [0.29, 0.717) is 16.5 Å². The summed E-state index contributed by atoms with van der Waals surface area (Å²) >= 11 is 12.9. The fraction of sp³-hybridized carbons (Fsp3) is 0.323. The molecular formula is C31H30Cl2FNO3. The Kier molecular flexibility index (Phi) is 8.37. The molecule has 0 bridgehead atoms. The molecule has 1 atom stereocenters. The summed E-state index contributed by atoms with van der Waals surface area (Å²) in [5.41, 5.74) is 6.42. The molecule has 3 aromatic rings. The summed E-state index contributed by atoms with van der Waals surface area (Å²) < 4.78 is 18.8. The van der Waals surface area contributed by atoms with Gasteiger partial charge in [-0.2, -0.15) is 0 Å². The third-order valence-electron chi connectivity index (χ3n) is 7.34. The highest BCUT2D eigenvalue weighted by molar-refractivity contribution is 6.36. The van der Waals surface area contributed by atoms with Gasteiger partial charge < -0.3 is 9.84 Å². The topological polar surface area (TPSA) is 49.8 Å². The number of benzene rings is 3. The average molecular weight is 554 g/mol. The van der Waals surface area contributed by atoms with E-state index < -0.39 is 5.97 Å². The average Bonchev–Trinajstić information content (AvgIpc) is 3.26. The first-order valence-electron chi connectivity index (χ1n) is 13.0. The third kappa shape index (κ3) is 5.90. The smallest absolute Gasteiger partial charge is 0.335 e. The van der Waals surface area contributed by atoms with E-state index in [1.807, 2.05) is 30.3 Å². The Bertz CT molecular complexity index is 1360. The minimum atomic E-state index is -0.930. The van der Waals surface area contributed by atoms with Crippen LogP contribution in [0.4, 0.5) is 4.39 Å². The molecule has 1 N–H and O–H groups in total. The Hall–Kier alpha value is -2.86. The molecule has 1 aliphatic heterocycles. The SMILES string of the molecule is O=C(O)c1ccc2c(c1)CCCC(c1ccc(Cl)cc1Cl)=C2c1ccc(OC2CCN(CCCF)C2)cc1. The number of aryl methyl sites for hydroxylation is 1. The third-order valence-corrected chi connectivity index (χ3v) is 7.88. The Morgan fingerprint density at radius 1 is 1.03 bits per heavy atom. The maximum absolute atomic E-state index is 12.5. The van der Waals surface area contributed by atoms with Crippen molar-refractivity contribution in [3.05, 3.63) is 98.5 Å². The van der Waals surface area contributed by atoms with Gasteiger partial charge in [-0.05, 0) is 102 Å². The van der Waals surface area contributed by atoms with Gasteiger partial charge in [-0.1, -0.05) is 47.5 Å². The number of hydrogen-bond acceptors (Lipinski definition) is 3. The standard InChI is InChI=1S/C31H30Cl2FNO3/c32-23-8-12-27(29(33)18-23)28-4-1-3-21-17-22(31(36)37)7-11-26(21)30(28)20-5-9-24(10-6-20)38-25-13-16-35(19-25)15-2-14-34/h5-12,17-18,25H,1-4,13-16,19H2,(H,36,37). The Labute approximate surface area is 232 Å². The quantitative estimate of drug-likeness (QED) is 0.309. The van der Waals surface area contributed by atoms with Gasteiger partial charge in [-0.15, -0.1) is 0 Å².